The number of rotatable bonds is 4. The molecule has 130 valence electrons. The molecular formula is C18H36N2O2. The molecule has 4 heteroatoms. The fourth-order valence-electron chi connectivity index (χ4n) is 1.31. The van der Waals surface area contributed by atoms with E-state index in [4.69, 9.17) is 4.74 Å². The molecule has 0 spiro atoms. The van der Waals surface area contributed by atoms with Crippen LogP contribution in [0.25, 0.3) is 0 Å². The van der Waals surface area contributed by atoms with E-state index in [-0.39, 0.29) is 5.76 Å². The molecule has 1 aromatic rings. The van der Waals surface area contributed by atoms with Gasteiger partial charge in [-0.05, 0) is 26.0 Å². The van der Waals surface area contributed by atoms with Crippen LogP contribution in [0, 0.1) is 13.8 Å². The lowest BCUT2D eigenvalue weighted by Gasteiger charge is -2.12. The Kier molecular flexibility index (Phi) is 19.9. The second-order valence-electron chi connectivity index (χ2n) is 3.52. The van der Waals surface area contributed by atoms with Gasteiger partial charge in [0, 0.05) is 19.2 Å². The van der Waals surface area contributed by atoms with Crippen LogP contribution in [0.5, 0.6) is 5.75 Å². The molecule has 4 nitrogen and oxygen atoms in total. The van der Waals surface area contributed by atoms with Crippen molar-refractivity contribution in [1.29, 1.82) is 0 Å². The van der Waals surface area contributed by atoms with Crippen molar-refractivity contribution in [3.8, 4) is 5.75 Å². The first kappa shape index (κ1) is 25.3. The van der Waals surface area contributed by atoms with E-state index < -0.39 is 0 Å². The fourth-order valence-corrected chi connectivity index (χ4v) is 1.31. The highest BCUT2D eigenvalue weighted by molar-refractivity contribution is 5.29. The third kappa shape index (κ3) is 10.1. The van der Waals surface area contributed by atoms with Crippen LogP contribution in [0.4, 0.5) is 0 Å². The van der Waals surface area contributed by atoms with E-state index in [2.05, 4.69) is 10.3 Å². The summed E-state index contributed by atoms with van der Waals surface area (Å²) in [7, 11) is 1.71. The molecule has 1 heterocycles. The van der Waals surface area contributed by atoms with Crippen LogP contribution in [0.1, 0.15) is 66.3 Å². The van der Waals surface area contributed by atoms with Crippen LogP contribution >= 0.6 is 0 Å². The third-order valence-electron chi connectivity index (χ3n) is 2.21. The molecule has 0 aromatic carbocycles. The van der Waals surface area contributed by atoms with Crippen LogP contribution in [0.15, 0.2) is 23.8 Å². The van der Waals surface area contributed by atoms with Gasteiger partial charge in [0.05, 0.1) is 5.69 Å². The first-order chi connectivity index (χ1) is 10.6. The van der Waals surface area contributed by atoms with Gasteiger partial charge in [0.2, 0.25) is 5.88 Å². The van der Waals surface area contributed by atoms with E-state index in [1.165, 1.54) is 0 Å². The zero-order valence-corrected chi connectivity index (χ0v) is 16.2. The number of ether oxygens (including phenoxy) is 1. The molecule has 0 fully saturated rings. The maximum Gasteiger partial charge on any atom is 0.231 e. The van der Waals surface area contributed by atoms with Crippen LogP contribution in [0.2, 0.25) is 0 Å². The van der Waals surface area contributed by atoms with Gasteiger partial charge in [0.1, 0.15) is 0 Å². The van der Waals surface area contributed by atoms with Gasteiger partial charge in [-0.2, -0.15) is 0 Å². The highest BCUT2D eigenvalue weighted by Gasteiger charge is 2.07. The predicted octanol–water partition coefficient (Wildman–Crippen LogP) is 5.51. The van der Waals surface area contributed by atoms with E-state index >= 15 is 0 Å². The van der Waals surface area contributed by atoms with Gasteiger partial charge in [-0.3, -0.25) is 4.98 Å². The van der Waals surface area contributed by atoms with E-state index in [0.717, 1.165) is 11.4 Å². The smallest absolute Gasteiger partial charge is 0.231 e. The quantitative estimate of drug-likeness (QED) is 0.719. The molecule has 0 aliphatic heterocycles. The molecule has 0 atom stereocenters. The fraction of sp³-hybridized carbons (Fsp3) is 0.611. The summed E-state index contributed by atoms with van der Waals surface area (Å²) in [5.41, 5.74) is 1.75. The number of aliphatic hydroxyl groups is 1. The van der Waals surface area contributed by atoms with Crippen molar-refractivity contribution in [2.24, 2.45) is 0 Å². The van der Waals surface area contributed by atoms with Crippen LogP contribution in [-0.2, 0) is 0 Å². The van der Waals surface area contributed by atoms with Crippen LogP contribution < -0.4 is 10.1 Å². The van der Waals surface area contributed by atoms with Crippen molar-refractivity contribution < 1.29 is 9.84 Å². The SMILES string of the molecule is CC.CC.CC.CC/C(O)=C(\NC)Oc1ccc(C)nc1C. The minimum absolute atomic E-state index is 0.197. The van der Waals surface area contributed by atoms with Gasteiger partial charge in [-0.15, -0.1) is 0 Å². The molecule has 0 unspecified atom stereocenters. The number of allylic oxidation sites excluding steroid dienone is 1. The zero-order chi connectivity index (χ0) is 18.1. The molecule has 1 rings (SSSR count). The number of hydrogen-bond acceptors (Lipinski definition) is 4. The molecule has 0 bridgehead atoms. The summed E-state index contributed by atoms with van der Waals surface area (Å²) in [6, 6.07) is 3.72. The van der Waals surface area contributed by atoms with Crippen molar-refractivity contribution >= 4 is 0 Å². The summed E-state index contributed by atoms with van der Waals surface area (Å²) in [5, 5.41) is 12.4. The molecule has 0 radical (unpaired) electrons. The minimum atomic E-state index is 0.197. The standard InChI is InChI=1S/C12H18N2O2.3C2H6/c1-5-10(15)12(13-4)16-11-7-6-8(2)14-9(11)3;3*1-2/h6-7,13,15H,5H2,1-4H3;3*1-2H3/b12-10-;;;. The summed E-state index contributed by atoms with van der Waals surface area (Å²) >= 11 is 0. The number of aromatic nitrogens is 1. The normalized spacial score (nSPS) is 9.55. The zero-order valence-electron chi connectivity index (χ0n) is 16.2. The molecule has 1 aromatic heterocycles. The number of hydrogen-bond donors (Lipinski definition) is 2. The average Bonchev–Trinajstić information content (AvgIpc) is 2.59. The number of aliphatic hydroxyl groups excluding tert-OH is 1. The summed E-state index contributed by atoms with van der Waals surface area (Å²) in [6.45, 7) is 17.7. The second kappa shape index (κ2) is 17.3. The summed E-state index contributed by atoms with van der Waals surface area (Å²) in [5.74, 6) is 1.22. The van der Waals surface area contributed by atoms with Crippen LogP contribution in [-0.4, -0.2) is 17.1 Å². The van der Waals surface area contributed by atoms with E-state index in [1.54, 1.807) is 7.05 Å². The number of nitrogens with one attached hydrogen (secondary N) is 1. The van der Waals surface area contributed by atoms with E-state index in [1.807, 2.05) is 74.4 Å². The monoisotopic (exact) mass is 312 g/mol. The minimum Gasteiger partial charge on any atom is -0.507 e. The highest BCUT2D eigenvalue weighted by Crippen LogP contribution is 2.18. The Labute approximate surface area is 137 Å². The number of pyridine rings is 1. The Morgan fingerprint density at radius 2 is 1.59 bits per heavy atom. The summed E-state index contributed by atoms with van der Waals surface area (Å²) in [6.07, 6.45) is 0.522. The lowest BCUT2D eigenvalue weighted by atomic mass is 10.3. The third-order valence-corrected chi connectivity index (χ3v) is 2.21. The Morgan fingerprint density at radius 3 is 1.95 bits per heavy atom. The second-order valence-corrected chi connectivity index (χ2v) is 3.52. The van der Waals surface area contributed by atoms with Gasteiger partial charge >= 0.3 is 0 Å². The van der Waals surface area contributed by atoms with E-state index in [9.17, 15) is 5.11 Å². The lowest BCUT2D eigenvalue weighted by Crippen LogP contribution is -2.16. The van der Waals surface area contributed by atoms with Crippen LogP contribution in [0.3, 0.4) is 0 Å². The van der Waals surface area contributed by atoms with Gasteiger partial charge in [-0.25, -0.2) is 0 Å². The van der Waals surface area contributed by atoms with Gasteiger partial charge in [-0.1, -0.05) is 48.5 Å². The first-order valence-electron chi connectivity index (χ1n) is 8.30. The molecule has 0 amide bonds. The maximum absolute atomic E-state index is 9.60. The first-order valence-corrected chi connectivity index (χ1v) is 8.30. The Morgan fingerprint density at radius 1 is 1.09 bits per heavy atom. The molecule has 0 aliphatic rings. The lowest BCUT2D eigenvalue weighted by molar-refractivity contribution is 0.304. The molecule has 0 saturated carbocycles. The average molecular weight is 312 g/mol. The van der Waals surface area contributed by atoms with Gasteiger partial charge < -0.3 is 15.2 Å². The van der Waals surface area contributed by atoms with Crippen molar-refractivity contribution in [3.05, 3.63) is 35.2 Å². The highest BCUT2D eigenvalue weighted by atomic mass is 16.5. The largest absolute Gasteiger partial charge is 0.507 e. The number of nitrogens with zero attached hydrogens (tertiary/aromatic N) is 1. The predicted molar refractivity (Wildman–Crippen MR) is 97.4 cm³/mol. The topological polar surface area (TPSA) is 54.4 Å². The molecule has 2 N–H and O–H groups in total. The Hall–Kier alpha value is -1.71. The van der Waals surface area contributed by atoms with Crippen molar-refractivity contribution in [2.45, 2.75) is 68.7 Å². The molecule has 22 heavy (non-hydrogen) atoms. The molecular weight excluding hydrogens is 276 g/mol. The Bertz CT molecular complexity index is 402. The van der Waals surface area contributed by atoms with Crippen molar-refractivity contribution in [1.82, 2.24) is 10.3 Å². The number of aryl methyl sites for hydroxylation is 2. The summed E-state index contributed by atoms with van der Waals surface area (Å²) in [4.78, 5) is 4.29. The Balaban J connectivity index is -0.000000535. The molecule has 0 aliphatic carbocycles. The van der Waals surface area contributed by atoms with Gasteiger partial charge in [0.25, 0.3) is 0 Å². The van der Waals surface area contributed by atoms with Crippen molar-refractivity contribution in [3.63, 3.8) is 0 Å². The van der Waals surface area contributed by atoms with Gasteiger partial charge in [0.15, 0.2) is 11.5 Å². The van der Waals surface area contributed by atoms with Crippen molar-refractivity contribution in [2.75, 3.05) is 7.05 Å². The maximum atomic E-state index is 9.60. The van der Waals surface area contributed by atoms with E-state index in [0.29, 0.717) is 18.1 Å². The molecule has 0 saturated heterocycles. The summed E-state index contributed by atoms with van der Waals surface area (Å²) < 4.78 is 5.56.